The molecule has 1 unspecified atom stereocenters. The van der Waals surface area contributed by atoms with Crippen molar-refractivity contribution < 1.29 is 18.7 Å². The monoisotopic (exact) mass is 282 g/mol. The van der Waals surface area contributed by atoms with E-state index in [1.54, 1.807) is 13.0 Å². The van der Waals surface area contributed by atoms with E-state index >= 15 is 0 Å². The molecule has 6 heteroatoms. The third-order valence-electron chi connectivity index (χ3n) is 2.79. The first-order valence-corrected chi connectivity index (χ1v) is 6.61. The lowest BCUT2D eigenvalue weighted by Crippen LogP contribution is -2.43. The summed E-state index contributed by atoms with van der Waals surface area (Å²) in [6.07, 6.45) is 1.42. The predicted molar refractivity (Wildman–Crippen MR) is 74.2 cm³/mol. The summed E-state index contributed by atoms with van der Waals surface area (Å²) in [5.41, 5.74) is 0.667. The van der Waals surface area contributed by atoms with Crippen molar-refractivity contribution in [3.05, 3.63) is 23.7 Å². The Hall–Kier alpha value is -1.82. The Bertz CT molecular complexity index is 454. The topological polar surface area (TPSA) is 80.6 Å². The Morgan fingerprint density at radius 1 is 1.35 bits per heavy atom. The van der Waals surface area contributed by atoms with Crippen molar-refractivity contribution in [2.45, 2.75) is 33.4 Å². The average molecular weight is 282 g/mol. The van der Waals surface area contributed by atoms with Gasteiger partial charge in [0.1, 0.15) is 0 Å². The van der Waals surface area contributed by atoms with Crippen LogP contribution in [-0.2, 0) is 16.1 Å². The Morgan fingerprint density at radius 3 is 2.65 bits per heavy atom. The van der Waals surface area contributed by atoms with Crippen molar-refractivity contribution in [2.24, 2.45) is 5.92 Å². The van der Waals surface area contributed by atoms with Gasteiger partial charge in [-0.15, -0.1) is 0 Å². The molecule has 6 nitrogen and oxygen atoms in total. The molecule has 20 heavy (non-hydrogen) atoms. The van der Waals surface area contributed by atoms with E-state index in [4.69, 9.17) is 4.42 Å². The summed E-state index contributed by atoms with van der Waals surface area (Å²) >= 11 is 0. The molecule has 1 rings (SSSR count). The van der Waals surface area contributed by atoms with Gasteiger partial charge < -0.3 is 19.8 Å². The minimum atomic E-state index is -0.524. The molecule has 1 amide bonds. The quantitative estimate of drug-likeness (QED) is 0.737. The van der Waals surface area contributed by atoms with E-state index in [2.05, 4.69) is 15.4 Å². The summed E-state index contributed by atoms with van der Waals surface area (Å²) < 4.78 is 9.69. The van der Waals surface area contributed by atoms with Crippen LogP contribution in [0.3, 0.4) is 0 Å². The van der Waals surface area contributed by atoms with Crippen LogP contribution >= 0.6 is 0 Å². The molecular weight excluding hydrogens is 260 g/mol. The molecule has 2 N–H and O–H groups in total. The van der Waals surface area contributed by atoms with E-state index in [1.165, 1.54) is 13.4 Å². The van der Waals surface area contributed by atoms with E-state index in [0.717, 1.165) is 0 Å². The van der Waals surface area contributed by atoms with Gasteiger partial charge in [0.15, 0.2) is 0 Å². The Labute approximate surface area is 118 Å². The van der Waals surface area contributed by atoms with E-state index in [1.807, 2.05) is 13.8 Å². The Kier molecular flexibility index (Phi) is 6.24. The van der Waals surface area contributed by atoms with Gasteiger partial charge in [-0.05, 0) is 18.9 Å². The maximum atomic E-state index is 11.8. The highest BCUT2D eigenvalue weighted by molar-refractivity contribution is 5.87. The van der Waals surface area contributed by atoms with E-state index < -0.39 is 5.97 Å². The van der Waals surface area contributed by atoms with Gasteiger partial charge in [-0.1, -0.05) is 13.8 Å². The molecule has 112 valence electrons. The van der Waals surface area contributed by atoms with Gasteiger partial charge in [0, 0.05) is 18.7 Å². The molecule has 1 atom stereocenters. The zero-order valence-electron chi connectivity index (χ0n) is 12.4. The molecular formula is C14H22N2O4. The molecule has 0 fully saturated rings. The van der Waals surface area contributed by atoms with Gasteiger partial charge in [0.05, 0.1) is 19.4 Å². The molecule has 0 bridgehead atoms. The molecule has 0 saturated carbocycles. The number of hydrogen-bond acceptors (Lipinski definition) is 5. The largest absolute Gasteiger partial charge is 0.463 e. The van der Waals surface area contributed by atoms with Crippen LogP contribution in [0, 0.1) is 5.92 Å². The molecule has 1 aromatic heterocycles. The van der Waals surface area contributed by atoms with Gasteiger partial charge in [0.2, 0.25) is 11.7 Å². The fourth-order valence-electron chi connectivity index (χ4n) is 1.56. The highest BCUT2D eigenvalue weighted by Gasteiger charge is 2.18. The van der Waals surface area contributed by atoms with Crippen LogP contribution in [0.4, 0.5) is 0 Å². The van der Waals surface area contributed by atoms with Crippen molar-refractivity contribution in [3.8, 4) is 0 Å². The lowest BCUT2D eigenvalue weighted by molar-refractivity contribution is -0.122. The number of rotatable bonds is 7. The zero-order valence-corrected chi connectivity index (χ0v) is 12.4. The Morgan fingerprint density at radius 2 is 2.05 bits per heavy atom. The molecule has 0 radical (unpaired) electrons. The average Bonchev–Trinajstić information content (AvgIpc) is 2.89. The van der Waals surface area contributed by atoms with Crippen molar-refractivity contribution in [2.75, 3.05) is 13.7 Å². The molecule has 1 heterocycles. The molecule has 0 spiro atoms. The maximum absolute atomic E-state index is 11.8. The summed E-state index contributed by atoms with van der Waals surface area (Å²) in [5, 5.41) is 5.89. The second kappa shape index (κ2) is 7.69. The SMILES string of the molecule is COC(=O)c1occc1CNC(C)C(=O)NCC(C)C. The van der Waals surface area contributed by atoms with Crippen LogP contribution in [0.25, 0.3) is 0 Å². The molecule has 0 saturated heterocycles. The van der Waals surface area contributed by atoms with Crippen LogP contribution in [0.2, 0.25) is 0 Å². The summed E-state index contributed by atoms with van der Waals surface area (Å²) in [7, 11) is 1.30. The van der Waals surface area contributed by atoms with Gasteiger partial charge in [0.25, 0.3) is 0 Å². The smallest absolute Gasteiger partial charge is 0.374 e. The van der Waals surface area contributed by atoms with Crippen molar-refractivity contribution in [1.29, 1.82) is 0 Å². The summed E-state index contributed by atoms with van der Waals surface area (Å²) in [6.45, 7) is 6.84. The fourth-order valence-corrected chi connectivity index (χ4v) is 1.56. The third-order valence-corrected chi connectivity index (χ3v) is 2.79. The predicted octanol–water partition coefficient (Wildman–Crippen LogP) is 1.32. The van der Waals surface area contributed by atoms with Gasteiger partial charge in [-0.25, -0.2) is 4.79 Å². The highest BCUT2D eigenvalue weighted by atomic mass is 16.5. The van der Waals surface area contributed by atoms with Crippen molar-refractivity contribution >= 4 is 11.9 Å². The second-order valence-corrected chi connectivity index (χ2v) is 5.01. The van der Waals surface area contributed by atoms with Crippen LogP contribution in [0.15, 0.2) is 16.7 Å². The number of esters is 1. The molecule has 0 aliphatic rings. The number of furan rings is 1. The fraction of sp³-hybridized carbons (Fsp3) is 0.571. The number of hydrogen-bond donors (Lipinski definition) is 2. The standard InChI is InChI=1S/C14H22N2O4/c1-9(2)7-16-13(17)10(3)15-8-11-5-6-20-12(11)14(18)19-4/h5-6,9-10,15H,7-8H2,1-4H3,(H,16,17). The molecule has 0 aliphatic carbocycles. The van der Waals surface area contributed by atoms with Crippen molar-refractivity contribution in [3.63, 3.8) is 0 Å². The second-order valence-electron chi connectivity index (χ2n) is 5.01. The lowest BCUT2D eigenvalue weighted by atomic mass is 10.2. The molecule has 0 aliphatic heterocycles. The first-order valence-electron chi connectivity index (χ1n) is 6.61. The minimum absolute atomic E-state index is 0.0678. The van der Waals surface area contributed by atoms with Crippen molar-refractivity contribution in [1.82, 2.24) is 10.6 Å². The van der Waals surface area contributed by atoms with E-state index in [0.29, 0.717) is 24.6 Å². The zero-order chi connectivity index (χ0) is 15.1. The number of carbonyl (C=O) groups is 2. The lowest BCUT2D eigenvalue weighted by Gasteiger charge is -2.15. The Balaban J connectivity index is 2.48. The normalized spacial score (nSPS) is 12.2. The van der Waals surface area contributed by atoms with Crippen LogP contribution in [-0.4, -0.2) is 31.6 Å². The molecule has 0 aromatic carbocycles. The first kappa shape index (κ1) is 16.2. The van der Waals surface area contributed by atoms with Gasteiger partial charge in [-0.2, -0.15) is 0 Å². The summed E-state index contributed by atoms with van der Waals surface area (Å²) in [6, 6.07) is 1.33. The summed E-state index contributed by atoms with van der Waals surface area (Å²) in [5.74, 6) is -0.0220. The first-order chi connectivity index (χ1) is 9.45. The number of carbonyl (C=O) groups excluding carboxylic acids is 2. The van der Waals surface area contributed by atoms with Crippen LogP contribution in [0.5, 0.6) is 0 Å². The summed E-state index contributed by atoms with van der Waals surface area (Å²) in [4.78, 5) is 23.2. The van der Waals surface area contributed by atoms with E-state index in [-0.39, 0.29) is 17.7 Å². The maximum Gasteiger partial charge on any atom is 0.374 e. The number of ether oxygens (including phenoxy) is 1. The van der Waals surface area contributed by atoms with Gasteiger partial charge >= 0.3 is 5.97 Å². The van der Waals surface area contributed by atoms with E-state index in [9.17, 15) is 9.59 Å². The third kappa shape index (κ3) is 4.70. The number of nitrogens with one attached hydrogen (secondary N) is 2. The van der Waals surface area contributed by atoms with Gasteiger partial charge in [-0.3, -0.25) is 4.79 Å². The minimum Gasteiger partial charge on any atom is -0.463 e. The number of amides is 1. The van der Waals surface area contributed by atoms with Crippen LogP contribution < -0.4 is 10.6 Å². The highest BCUT2D eigenvalue weighted by Crippen LogP contribution is 2.11. The number of methoxy groups -OCH3 is 1. The molecule has 1 aromatic rings. The van der Waals surface area contributed by atoms with Crippen LogP contribution in [0.1, 0.15) is 36.9 Å².